The second-order valence-corrected chi connectivity index (χ2v) is 7.27. The second-order valence-electron chi connectivity index (χ2n) is 7.27. The average molecular weight is 334 g/mol. The monoisotopic (exact) mass is 334 g/mol. The predicted molar refractivity (Wildman–Crippen MR) is 86.6 cm³/mol. The van der Waals surface area contributed by atoms with E-state index in [4.69, 9.17) is 0 Å². The number of likely N-dealkylation sites (tertiary alicyclic amines) is 2. The molecule has 0 radical (unpaired) electrons. The average Bonchev–Trinajstić information content (AvgIpc) is 3.06. The predicted octanol–water partition coefficient (Wildman–Crippen LogP) is 2.57. The van der Waals surface area contributed by atoms with Crippen molar-refractivity contribution in [2.45, 2.75) is 39.3 Å². The van der Waals surface area contributed by atoms with Gasteiger partial charge in [0.15, 0.2) is 5.96 Å². The van der Waals surface area contributed by atoms with Crippen LogP contribution < -0.4 is 5.32 Å². The Morgan fingerprint density at radius 2 is 2.09 bits per heavy atom. The number of halogens is 3. The molecule has 2 aliphatic rings. The SMILES string of the molecule is CCC1(C)CCN(C(=NC)NCC2CCN(CC(F)(F)F)C2)C1. The number of guanidine groups is 1. The van der Waals surface area contributed by atoms with E-state index in [0.29, 0.717) is 25.0 Å². The summed E-state index contributed by atoms with van der Waals surface area (Å²) in [4.78, 5) is 8.12. The maximum atomic E-state index is 12.4. The zero-order chi connectivity index (χ0) is 17.1. The first-order chi connectivity index (χ1) is 10.7. The third-order valence-corrected chi connectivity index (χ3v) is 5.24. The summed E-state index contributed by atoms with van der Waals surface area (Å²) in [6, 6.07) is 0. The number of hydrogen-bond acceptors (Lipinski definition) is 2. The Kier molecular flexibility index (Phi) is 5.81. The van der Waals surface area contributed by atoms with Crippen molar-refractivity contribution in [2.24, 2.45) is 16.3 Å². The van der Waals surface area contributed by atoms with E-state index in [2.05, 4.69) is 29.1 Å². The van der Waals surface area contributed by atoms with Gasteiger partial charge in [-0.1, -0.05) is 13.8 Å². The molecule has 23 heavy (non-hydrogen) atoms. The van der Waals surface area contributed by atoms with Crippen molar-refractivity contribution in [3.05, 3.63) is 0 Å². The van der Waals surface area contributed by atoms with Gasteiger partial charge in [-0.25, -0.2) is 0 Å². The second kappa shape index (κ2) is 7.28. The fourth-order valence-corrected chi connectivity index (χ4v) is 3.54. The number of alkyl halides is 3. The fraction of sp³-hybridized carbons (Fsp3) is 0.938. The summed E-state index contributed by atoms with van der Waals surface area (Å²) in [5.41, 5.74) is 0.342. The molecule has 2 unspecified atom stereocenters. The molecule has 2 atom stereocenters. The molecule has 1 N–H and O–H groups in total. The number of nitrogens with zero attached hydrogens (tertiary/aromatic N) is 3. The minimum absolute atomic E-state index is 0.259. The number of hydrogen-bond donors (Lipinski definition) is 1. The third kappa shape index (κ3) is 5.26. The highest BCUT2D eigenvalue weighted by atomic mass is 19.4. The van der Waals surface area contributed by atoms with Crippen LogP contribution in [0.15, 0.2) is 4.99 Å². The first kappa shape index (κ1) is 18.4. The normalized spacial score (nSPS) is 30.3. The molecular weight excluding hydrogens is 305 g/mol. The molecule has 2 heterocycles. The molecule has 2 fully saturated rings. The number of aliphatic imine (C=N–C) groups is 1. The maximum absolute atomic E-state index is 12.4. The minimum Gasteiger partial charge on any atom is -0.356 e. The highest BCUT2D eigenvalue weighted by Crippen LogP contribution is 2.33. The lowest BCUT2D eigenvalue weighted by molar-refractivity contribution is -0.143. The van der Waals surface area contributed by atoms with Gasteiger partial charge in [0.1, 0.15) is 0 Å². The Bertz CT molecular complexity index is 424. The van der Waals surface area contributed by atoms with E-state index >= 15 is 0 Å². The summed E-state index contributed by atoms with van der Waals surface area (Å²) in [5.74, 6) is 1.14. The molecule has 4 nitrogen and oxygen atoms in total. The van der Waals surface area contributed by atoms with Crippen LogP contribution in [0.4, 0.5) is 13.2 Å². The van der Waals surface area contributed by atoms with Gasteiger partial charge in [-0.05, 0) is 37.1 Å². The Balaban J connectivity index is 1.77. The molecule has 0 bridgehead atoms. The third-order valence-electron chi connectivity index (χ3n) is 5.24. The van der Waals surface area contributed by atoms with E-state index < -0.39 is 12.7 Å². The molecule has 0 amide bonds. The lowest BCUT2D eigenvalue weighted by Crippen LogP contribution is -2.43. The zero-order valence-electron chi connectivity index (χ0n) is 14.4. The van der Waals surface area contributed by atoms with Crippen LogP contribution in [0.3, 0.4) is 0 Å². The molecule has 0 aliphatic carbocycles. The van der Waals surface area contributed by atoms with Crippen LogP contribution >= 0.6 is 0 Å². The van der Waals surface area contributed by atoms with Gasteiger partial charge < -0.3 is 10.2 Å². The van der Waals surface area contributed by atoms with Crippen LogP contribution in [0, 0.1) is 11.3 Å². The topological polar surface area (TPSA) is 30.9 Å². The highest BCUT2D eigenvalue weighted by molar-refractivity contribution is 5.80. The molecule has 0 spiro atoms. The lowest BCUT2D eigenvalue weighted by Gasteiger charge is -2.26. The summed E-state index contributed by atoms with van der Waals surface area (Å²) in [7, 11) is 1.77. The smallest absolute Gasteiger partial charge is 0.356 e. The summed E-state index contributed by atoms with van der Waals surface area (Å²) in [6.07, 6.45) is -0.978. The van der Waals surface area contributed by atoms with Gasteiger partial charge in [-0.15, -0.1) is 0 Å². The summed E-state index contributed by atoms with van der Waals surface area (Å²) in [5, 5.41) is 3.37. The van der Waals surface area contributed by atoms with Crippen molar-refractivity contribution in [1.82, 2.24) is 15.1 Å². The minimum atomic E-state index is -4.10. The molecule has 0 saturated carbocycles. The Morgan fingerprint density at radius 3 is 2.65 bits per heavy atom. The summed E-state index contributed by atoms with van der Waals surface area (Å²) < 4.78 is 37.3. The molecule has 7 heteroatoms. The molecule has 0 aromatic heterocycles. The van der Waals surface area contributed by atoms with Gasteiger partial charge in [0, 0.05) is 33.2 Å². The summed E-state index contributed by atoms with van der Waals surface area (Å²) >= 11 is 0. The zero-order valence-corrected chi connectivity index (χ0v) is 14.4. The highest BCUT2D eigenvalue weighted by Gasteiger charge is 2.35. The largest absolute Gasteiger partial charge is 0.401 e. The van der Waals surface area contributed by atoms with Crippen LogP contribution in [0.5, 0.6) is 0 Å². The van der Waals surface area contributed by atoms with Crippen molar-refractivity contribution in [3.63, 3.8) is 0 Å². The quantitative estimate of drug-likeness (QED) is 0.633. The number of rotatable bonds is 4. The van der Waals surface area contributed by atoms with Gasteiger partial charge in [0.25, 0.3) is 0 Å². The van der Waals surface area contributed by atoms with Crippen LogP contribution in [0.1, 0.15) is 33.1 Å². The van der Waals surface area contributed by atoms with Crippen LogP contribution in [0.2, 0.25) is 0 Å². The van der Waals surface area contributed by atoms with Crippen LogP contribution in [0.25, 0.3) is 0 Å². The Labute approximate surface area is 137 Å². The van der Waals surface area contributed by atoms with Gasteiger partial charge in [0.2, 0.25) is 0 Å². The lowest BCUT2D eigenvalue weighted by atomic mass is 9.87. The first-order valence-electron chi connectivity index (χ1n) is 8.49. The molecule has 0 aromatic rings. The van der Waals surface area contributed by atoms with Crippen molar-refractivity contribution in [3.8, 4) is 0 Å². The van der Waals surface area contributed by atoms with E-state index in [9.17, 15) is 13.2 Å². The van der Waals surface area contributed by atoms with E-state index in [-0.39, 0.29) is 5.92 Å². The Hall–Kier alpha value is -0.980. The Morgan fingerprint density at radius 1 is 1.35 bits per heavy atom. The van der Waals surface area contributed by atoms with Gasteiger partial charge in [-0.3, -0.25) is 9.89 Å². The molecule has 2 aliphatic heterocycles. The first-order valence-corrected chi connectivity index (χ1v) is 8.49. The molecule has 134 valence electrons. The van der Waals surface area contributed by atoms with Gasteiger partial charge in [-0.2, -0.15) is 13.2 Å². The van der Waals surface area contributed by atoms with Crippen LogP contribution in [-0.2, 0) is 0 Å². The van der Waals surface area contributed by atoms with E-state index in [1.165, 1.54) is 4.90 Å². The molecule has 2 saturated heterocycles. The number of nitrogens with one attached hydrogen (secondary N) is 1. The maximum Gasteiger partial charge on any atom is 0.401 e. The van der Waals surface area contributed by atoms with Crippen molar-refractivity contribution < 1.29 is 13.2 Å². The fourth-order valence-electron chi connectivity index (χ4n) is 3.54. The van der Waals surface area contributed by atoms with Crippen molar-refractivity contribution >= 4 is 5.96 Å². The van der Waals surface area contributed by atoms with E-state index in [1.54, 1.807) is 7.05 Å². The van der Waals surface area contributed by atoms with E-state index in [0.717, 1.165) is 38.3 Å². The molecule has 2 rings (SSSR count). The molecular formula is C16H29F3N4. The standard InChI is InChI=1S/C16H29F3N4/c1-4-15(2)6-8-23(11-15)14(20-3)21-9-13-5-7-22(10-13)12-16(17,18)19/h13H,4-12H2,1-3H3,(H,20,21). The van der Waals surface area contributed by atoms with Gasteiger partial charge in [0.05, 0.1) is 6.54 Å². The van der Waals surface area contributed by atoms with E-state index in [1.807, 2.05) is 0 Å². The molecule has 0 aromatic carbocycles. The van der Waals surface area contributed by atoms with Crippen LogP contribution in [-0.4, -0.2) is 68.3 Å². The summed E-state index contributed by atoms with van der Waals surface area (Å²) in [6.45, 7) is 7.44. The van der Waals surface area contributed by atoms with Crippen molar-refractivity contribution in [2.75, 3.05) is 46.3 Å². The van der Waals surface area contributed by atoms with Crippen molar-refractivity contribution in [1.29, 1.82) is 0 Å². The van der Waals surface area contributed by atoms with Gasteiger partial charge >= 0.3 is 6.18 Å².